The highest BCUT2D eigenvalue weighted by molar-refractivity contribution is 5.92. The largest absolute Gasteiger partial charge is 0.322 e. The van der Waals surface area contributed by atoms with Crippen molar-refractivity contribution >= 4 is 22.6 Å². The summed E-state index contributed by atoms with van der Waals surface area (Å²) >= 11 is 0. The maximum absolute atomic E-state index is 14.5. The molecule has 5 rings (SSSR count). The number of hydrogen-bond donors (Lipinski definition) is 1. The van der Waals surface area contributed by atoms with Crippen LogP contribution in [0.4, 0.5) is 10.1 Å². The molecule has 3 heterocycles. The fraction of sp³-hybridized carbons (Fsp3) is 0.261. The van der Waals surface area contributed by atoms with Gasteiger partial charge in [0.15, 0.2) is 5.82 Å². The Morgan fingerprint density at radius 1 is 1.09 bits per heavy atom. The van der Waals surface area contributed by atoms with Gasteiger partial charge in [0.25, 0.3) is 5.56 Å². The van der Waals surface area contributed by atoms with E-state index in [1.54, 1.807) is 36.4 Å². The number of hydrogen-bond acceptors (Lipinski definition) is 5. The number of carbonyl (C=O) groups is 1. The summed E-state index contributed by atoms with van der Waals surface area (Å²) in [7, 11) is 0. The predicted octanol–water partition coefficient (Wildman–Crippen LogP) is 3.16. The van der Waals surface area contributed by atoms with E-state index in [4.69, 9.17) is 0 Å². The highest BCUT2D eigenvalue weighted by Crippen LogP contribution is 2.26. The monoisotopic (exact) mass is 432 g/mol. The highest BCUT2D eigenvalue weighted by atomic mass is 19.1. The lowest BCUT2D eigenvalue weighted by atomic mass is 10.1. The van der Waals surface area contributed by atoms with E-state index in [-0.39, 0.29) is 12.2 Å². The fourth-order valence-electron chi connectivity index (χ4n) is 4.07. The number of nitrogens with one attached hydrogen (secondary N) is 1. The van der Waals surface area contributed by atoms with Crippen LogP contribution in [0.2, 0.25) is 0 Å². The summed E-state index contributed by atoms with van der Waals surface area (Å²) in [6, 6.07) is 11.5. The van der Waals surface area contributed by atoms with Gasteiger partial charge in [0.2, 0.25) is 5.91 Å². The Balaban J connectivity index is 1.42. The minimum atomic E-state index is -0.565. The number of amides is 1. The van der Waals surface area contributed by atoms with Crippen molar-refractivity contribution in [1.82, 2.24) is 24.3 Å². The van der Waals surface area contributed by atoms with E-state index in [0.29, 0.717) is 22.4 Å². The first-order chi connectivity index (χ1) is 15.6. The molecule has 32 heavy (non-hydrogen) atoms. The third kappa shape index (κ3) is 3.77. The lowest BCUT2D eigenvalue weighted by Crippen LogP contribution is -2.28. The Labute approximate surface area is 182 Å². The summed E-state index contributed by atoms with van der Waals surface area (Å²) in [6.45, 7) is 0.556. The molecule has 0 atom stereocenters. The van der Waals surface area contributed by atoms with Crippen molar-refractivity contribution in [2.45, 2.75) is 38.8 Å². The van der Waals surface area contributed by atoms with Gasteiger partial charge in [0.1, 0.15) is 18.2 Å². The lowest BCUT2D eigenvalue weighted by molar-refractivity contribution is -0.116. The summed E-state index contributed by atoms with van der Waals surface area (Å²) in [5.41, 5.74) is 1.44. The number of fused-ring (bicyclic) bond motifs is 2. The lowest BCUT2D eigenvalue weighted by Gasteiger charge is -2.12. The van der Waals surface area contributed by atoms with Gasteiger partial charge in [0, 0.05) is 18.5 Å². The van der Waals surface area contributed by atoms with Crippen molar-refractivity contribution in [3.63, 3.8) is 0 Å². The third-order valence-corrected chi connectivity index (χ3v) is 5.66. The molecule has 1 amide bonds. The molecule has 8 nitrogen and oxygen atoms in total. The molecule has 2 aromatic heterocycles. The van der Waals surface area contributed by atoms with Gasteiger partial charge in [-0.15, -0.1) is 10.2 Å². The zero-order chi connectivity index (χ0) is 22.1. The van der Waals surface area contributed by atoms with Crippen LogP contribution >= 0.6 is 0 Å². The summed E-state index contributed by atoms with van der Waals surface area (Å²) < 4.78 is 17.9. The first kappa shape index (κ1) is 20.0. The molecule has 0 bridgehead atoms. The Bertz CT molecular complexity index is 1380. The van der Waals surface area contributed by atoms with E-state index in [0.717, 1.165) is 38.1 Å². The van der Waals surface area contributed by atoms with Crippen molar-refractivity contribution in [2.75, 3.05) is 5.32 Å². The van der Waals surface area contributed by atoms with Gasteiger partial charge in [-0.25, -0.2) is 9.37 Å². The number of aryl methyl sites for hydroxylation is 1. The number of benzene rings is 2. The van der Waals surface area contributed by atoms with Gasteiger partial charge in [-0.2, -0.15) is 0 Å². The van der Waals surface area contributed by atoms with Crippen LogP contribution < -0.4 is 10.9 Å². The van der Waals surface area contributed by atoms with E-state index in [1.165, 1.54) is 16.8 Å². The molecule has 0 saturated carbocycles. The van der Waals surface area contributed by atoms with Crippen LogP contribution in [0.5, 0.6) is 0 Å². The van der Waals surface area contributed by atoms with E-state index < -0.39 is 17.3 Å². The molecule has 9 heteroatoms. The van der Waals surface area contributed by atoms with Crippen LogP contribution in [0, 0.1) is 5.82 Å². The van der Waals surface area contributed by atoms with E-state index in [9.17, 15) is 14.0 Å². The van der Waals surface area contributed by atoms with Crippen molar-refractivity contribution in [3.05, 3.63) is 70.7 Å². The molecule has 1 aliphatic rings. The maximum Gasteiger partial charge on any atom is 0.269 e. The number of nitrogens with zero attached hydrogens (tertiary/aromatic N) is 5. The molecule has 2 aromatic carbocycles. The molecule has 1 aliphatic heterocycles. The number of anilines is 1. The van der Waals surface area contributed by atoms with Gasteiger partial charge in [-0.1, -0.05) is 18.6 Å². The van der Waals surface area contributed by atoms with Crippen molar-refractivity contribution in [1.29, 1.82) is 0 Å². The smallest absolute Gasteiger partial charge is 0.269 e. The van der Waals surface area contributed by atoms with Crippen LogP contribution in [0.1, 0.15) is 25.1 Å². The normalized spacial score (nSPS) is 13.5. The molecule has 0 fully saturated rings. The van der Waals surface area contributed by atoms with Crippen molar-refractivity contribution in [3.8, 4) is 11.4 Å². The minimum Gasteiger partial charge on any atom is -0.322 e. The Kier molecular flexibility index (Phi) is 5.22. The topological polar surface area (TPSA) is 94.7 Å². The van der Waals surface area contributed by atoms with Crippen LogP contribution in [0.3, 0.4) is 0 Å². The standard InChI is InChI=1S/C23H21FN6O2/c24-16-10-9-15(23-28-27-20-8-2-1-5-11-29(20)23)12-18(16)26-21(31)14-30-19-7-4-3-6-17(19)25-13-22(30)32/h3-4,6-7,9-10,12-13H,1-2,5,8,11,14H2,(H,26,31). The molecule has 0 radical (unpaired) electrons. The van der Waals surface area contributed by atoms with Gasteiger partial charge in [0.05, 0.1) is 22.9 Å². The summed E-state index contributed by atoms with van der Waals surface area (Å²) in [4.78, 5) is 29.1. The third-order valence-electron chi connectivity index (χ3n) is 5.66. The van der Waals surface area contributed by atoms with E-state index in [2.05, 4.69) is 25.1 Å². The van der Waals surface area contributed by atoms with Crippen molar-refractivity contribution < 1.29 is 9.18 Å². The maximum atomic E-state index is 14.5. The Morgan fingerprint density at radius 3 is 2.88 bits per heavy atom. The van der Waals surface area contributed by atoms with Gasteiger partial charge in [-0.05, 0) is 43.2 Å². The molecule has 4 aromatic rings. The summed E-state index contributed by atoms with van der Waals surface area (Å²) in [5, 5.41) is 11.2. The van der Waals surface area contributed by atoms with Crippen LogP contribution in [0.15, 0.2) is 53.5 Å². The highest BCUT2D eigenvalue weighted by Gasteiger charge is 2.18. The number of halogens is 1. The first-order valence-corrected chi connectivity index (χ1v) is 10.6. The SMILES string of the molecule is O=C(Cn1c(=O)cnc2ccccc21)Nc1cc(-c2nnc3n2CCCCC3)ccc1F. The average molecular weight is 432 g/mol. The second-order valence-corrected chi connectivity index (χ2v) is 7.82. The van der Waals surface area contributed by atoms with Crippen molar-refractivity contribution in [2.24, 2.45) is 0 Å². The minimum absolute atomic E-state index is 0.0323. The number of carbonyl (C=O) groups excluding carboxylic acids is 1. The molecule has 0 spiro atoms. The van der Waals surface area contributed by atoms with Gasteiger partial charge in [-0.3, -0.25) is 14.2 Å². The Hall–Kier alpha value is -3.88. The Morgan fingerprint density at radius 2 is 1.97 bits per heavy atom. The number of aromatic nitrogens is 5. The molecule has 0 saturated heterocycles. The van der Waals surface area contributed by atoms with Gasteiger partial charge < -0.3 is 9.88 Å². The fourth-order valence-corrected chi connectivity index (χ4v) is 4.07. The van der Waals surface area contributed by atoms with Crippen LogP contribution in [0.25, 0.3) is 22.4 Å². The molecule has 0 aliphatic carbocycles. The number of para-hydroxylation sites is 2. The molecule has 0 unspecified atom stereocenters. The summed E-state index contributed by atoms with van der Waals surface area (Å²) in [5.74, 6) is 0.509. The second-order valence-electron chi connectivity index (χ2n) is 7.82. The average Bonchev–Trinajstić information content (AvgIpc) is 3.05. The quantitative estimate of drug-likeness (QED) is 0.535. The second kappa shape index (κ2) is 8.33. The van der Waals surface area contributed by atoms with Crippen LogP contribution in [-0.2, 0) is 24.3 Å². The summed E-state index contributed by atoms with van der Waals surface area (Å²) in [6.07, 6.45) is 5.29. The van der Waals surface area contributed by atoms with Crippen LogP contribution in [-0.4, -0.2) is 30.2 Å². The van der Waals surface area contributed by atoms with E-state index >= 15 is 0 Å². The van der Waals surface area contributed by atoms with Gasteiger partial charge >= 0.3 is 0 Å². The molecular weight excluding hydrogens is 411 g/mol. The predicted molar refractivity (Wildman–Crippen MR) is 118 cm³/mol. The zero-order valence-corrected chi connectivity index (χ0v) is 17.3. The molecule has 162 valence electrons. The first-order valence-electron chi connectivity index (χ1n) is 10.6. The number of rotatable bonds is 4. The zero-order valence-electron chi connectivity index (χ0n) is 17.3. The van der Waals surface area contributed by atoms with E-state index in [1.807, 2.05) is 0 Å². The molecular formula is C23H21FN6O2. The molecule has 1 N–H and O–H groups in total.